The van der Waals surface area contributed by atoms with Gasteiger partial charge in [-0.2, -0.15) is 0 Å². The summed E-state index contributed by atoms with van der Waals surface area (Å²) in [4.78, 5) is 32.4. The molecule has 0 aliphatic carbocycles. The van der Waals surface area contributed by atoms with Crippen molar-refractivity contribution >= 4 is 41.0 Å². The first kappa shape index (κ1) is 23.2. The van der Waals surface area contributed by atoms with Crippen LogP contribution < -0.4 is 5.32 Å². The molecule has 0 spiro atoms. The standard InChI is InChI=1S/C14H19NO4.C3H4Cl2O/c1-10(2)8-12(13(16)17)15-14(18)19-9-11-6-4-3-5-7-11;4-1-3(6)2-5/h3-7,10,12H,8-9H2,1-2H3,(H,15,18)(H,16,17);1-2H2/t12-;/m0./s1. The van der Waals surface area contributed by atoms with Gasteiger partial charge in [0.2, 0.25) is 0 Å². The second kappa shape index (κ2) is 13.5. The zero-order chi connectivity index (χ0) is 19.2. The molecule has 0 bridgehead atoms. The maximum absolute atomic E-state index is 11.5. The molecule has 1 atom stereocenters. The van der Waals surface area contributed by atoms with Gasteiger partial charge in [0.05, 0.1) is 11.8 Å². The molecule has 1 aromatic carbocycles. The molecule has 0 aromatic heterocycles. The molecule has 6 nitrogen and oxygen atoms in total. The maximum atomic E-state index is 11.5. The molecule has 0 aliphatic rings. The number of carbonyl (C=O) groups is 3. The lowest BCUT2D eigenvalue weighted by atomic mass is 10.0. The molecule has 8 heteroatoms. The van der Waals surface area contributed by atoms with E-state index in [2.05, 4.69) is 5.32 Å². The van der Waals surface area contributed by atoms with Crippen LogP contribution in [0.2, 0.25) is 0 Å². The van der Waals surface area contributed by atoms with E-state index in [1.807, 2.05) is 44.2 Å². The zero-order valence-electron chi connectivity index (χ0n) is 14.2. The molecule has 0 saturated carbocycles. The molecule has 2 N–H and O–H groups in total. The van der Waals surface area contributed by atoms with E-state index in [1.165, 1.54) is 0 Å². The van der Waals surface area contributed by atoms with Gasteiger partial charge in [-0.05, 0) is 17.9 Å². The van der Waals surface area contributed by atoms with Crippen LogP contribution in [-0.2, 0) is 20.9 Å². The van der Waals surface area contributed by atoms with Crippen LogP contribution in [0, 0.1) is 5.92 Å². The highest BCUT2D eigenvalue weighted by Crippen LogP contribution is 2.06. The van der Waals surface area contributed by atoms with Gasteiger partial charge in [-0.1, -0.05) is 44.2 Å². The number of alkyl halides is 2. The SMILES string of the molecule is CC(C)C[C@H](NC(=O)OCc1ccccc1)C(=O)O.O=C(CCl)CCl. The molecule has 1 aromatic rings. The zero-order valence-corrected chi connectivity index (χ0v) is 15.7. The molecule has 0 radical (unpaired) electrons. The molecule has 25 heavy (non-hydrogen) atoms. The Morgan fingerprint density at radius 1 is 1.12 bits per heavy atom. The van der Waals surface area contributed by atoms with E-state index < -0.39 is 18.1 Å². The smallest absolute Gasteiger partial charge is 0.408 e. The number of benzene rings is 1. The summed E-state index contributed by atoms with van der Waals surface area (Å²) in [5.41, 5.74) is 0.855. The van der Waals surface area contributed by atoms with E-state index in [9.17, 15) is 14.4 Å². The number of aliphatic carboxylic acids is 1. The quantitative estimate of drug-likeness (QED) is 0.661. The van der Waals surface area contributed by atoms with Crippen molar-refractivity contribution in [1.82, 2.24) is 5.32 Å². The second-order valence-corrected chi connectivity index (χ2v) is 6.07. The summed E-state index contributed by atoms with van der Waals surface area (Å²) in [5, 5.41) is 11.3. The number of amides is 1. The second-order valence-electron chi connectivity index (χ2n) is 5.53. The minimum Gasteiger partial charge on any atom is -0.480 e. The monoisotopic (exact) mass is 391 g/mol. The van der Waals surface area contributed by atoms with Gasteiger partial charge in [0.15, 0.2) is 5.78 Å². The van der Waals surface area contributed by atoms with E-state index in [0.29, 0.717) is 6.42 Å². The predicted molar refractivity (Wildman–Crippen MR) is 97.1 cm³/mol. The molecule has 140 valence electrons. The molecule has 1 rings (SSSR count). The molecule has 0 unspecified atom stereocenters. The van der Waals surface area contributed by atoms with Crippen LogP contribution in [0.3, 0.4) is 0 Å². The van der Waals surface area contributed by atoms with Crippen LogP contribution in [-0.4, -0.2) is 40.8 Å². The minimum atomic E-state index is -1.05. The van der Waals surface area contributed by atoms with E-state index >= 15 is 0 Å². The molecule has 0 fully saturated rings. The Labute approximate surface area is 157 Å². The largest absolute Gasteiger partial charge is 0.480 e. The summed E-state index contributed by atoms with van der Waals surface area (Å²) in [7, 11) is 0. The van der Waals surface area contributed by atoms with Crippen LogP contribution in [0.4, 0.5) is 4.79 Å². The number of halogens is 2. The number of nitrogens with one attached hydrogen (secondary N) is 1. The average molecular weight is 392 g/mol. The first-order valence-corrected chi connectivity index (χ1v) is 8.70. The summed E-state index contributed by atoms with van der Waals surface area (Å²) >= 11 is 10.0. The summed E-state index contributed by atoms with van der Waals surface area (Å²) in [6.07, 6.45) is -0.340. The molecule has 0 heterocycles. The fourth-order valence-electron chi connectivity index (χ4n) is 1.64. The summed E-state index contributed by atoms with van der Waals surface area (Å²) in [6.45, 7) is 3.92. The summed E-state index contributed by atoms with van der Waals surface area (Å²) < 4.78 is 4.98. The Balaban J connectivity index is 0.000000823. The van der Waals surface area contributed by atoms with E-state index in [0.717, 1.165) is 5.56 Å². The van der Waals surface area contributed by atoms with Gasteiger partial charge in [0.25, 0.3) is 0 Å². The van der Waals surface area contributed by atoms with Gasteiger partial charge < -0.3 is 15.2 Å². The highest BCUT2D eigenvalue weighted by molar-refractivity contribution is 6.35. The average Bonchev–Trinajstić information content (AvgIpc) is 2.59. The fraction of sp³-hybridized carbons (Fsp3) is 0.471. The van der Waals surface area contributed by atoms with Crippen LogP contribution in [0.15, 0.2) is 30.3 Å². The Kier molecular flexibility index (Phi) is 12.5. The van der Waals surface area contributed by atoms with Crippen molar-refractivity contribution in [2.45, 2.75) is 32.9 Å². The topological polar surface area (TPSA) is 92.7 Å². The van der Waals surface area contributed by atoms with Gasteiger partial charge >= 0.3 is 12.1 Å². The van der Waals surface area contributed by atoms with Gasteiger partial charge in [-0.25, -0.2) is 9.59 Å². The summed E-state index contributed by atoms with van der Waals surface area (Å²) in [5.74, 6) is -0.938. The number of carboxylic acid groups (broad SMARTS) is 1. The Hall–Kier alpha value is -1.79. The number of Topliss-reactive ketones (excluding diaryl/α,β-unsaturated/α-hetero) is 1. The number of hydrogen-bond acceptors (Lipinski definition) is 4. The number of hydrogen-bond donors (Lipinski definition) is 2. The first-order valence-electron chi connectivity index (χ1n) is 7.63. The molecular weight excluding hydrogens is 369 g/mol. The third-order valence-corrected chi connectivity index (χ3v) is 3.40. The highest BCUT2D eigenvalue weighted by Gasteiger charge is 2.21. The van der Waals surface area contributed by atoms with Gasteiger partial charge in [0, 0.05) is 0 Å². The van der Waals surface area contributed by atoms with Crippen LogP contribution >= 0.6 is 23.2 Å². The van der Waals surface area contributed by atoms with Gasteiger partial charge in [0.1, 0.15) is 12.6 Å². The van der Waals surface area contributed by atoms with Crippen molar-refractivity contribution in [1.29, 1.82) is 0 Å². The molecule has 0 saturated heterocycles. The maximum Gasteiger partial charge on any atom is 0.408 e. The fourth-order valence-corrected chi connectivity index (χ4v) is 1.92. The molecular formula is C17H23Cl2NO5. The number of ether oxygens (including phenoxy) is 1. The highest BCUT2D eigenvalue weighted by atomic mass is 35.5. The van der Waals surface area contributed by atoms with Crippen LogP contribution in [0.5, 0.6) is 0 Å². The van der Waals surface area contributed by atoms with E-state index in [1.54, 1.807) is 0 Å². The number of rotatable bonds is 8. The third kappa shape index (κ3) is 12.3. The Morgan fingerprint density at radius 3 is 2.08 bits per heavy atom. The van der Waals surface area contributed by atoms with Gasteiger partial charge in [-0.15, -0.1) is 23.2 Å². The lowest BCUT2D eigenvalue weighted by molar-refractivity contribution is -0.139. The predicted octanol–water partition coefficient (Wildman–Crippen LogP) is 3.45. The van der Waals surface area contributed by atoms with Crippen molar-refractivity contribution in [3.63, 3.8) is 0 Å². The number of carbonyl (C=O) groups excluding carboxylic acids is 2. The van der Waals surface area contributed by atoms with E-state index in [4.69, 9.17) is 33.0 Å². The first-order chi connectivity index (χ1) is 11.8. The van der Waals surface area contributed by atoms with Crippen molar-refractivity contribution in [3.8, 4) is 0 Å². The number of ketones is 1. The normalized spacial score (nSPS) is 11.1. The molecule has 1 amide bonds. The van der Waals surface area contributed by atoms with Crippen molar-refractivity contribution in [2.24, 2.45) is 5.92 Å². The Bertz CT molecular complexity index is 531. The van der Waals surface area contributed by atoms with Crippen molar-refractivity contribution in [2.75, 3.05) is 11.8 Å². The minimum absolute atomic E-state index is 0.0312. The Morgan fingerprint density at radius 2 is 1.68 bits per heavy atom. The third-order valence-electron chi connectivity index (χ3n) is 2.81. The summed E-state index contributed by atoms with van der Waals surface area (Å²) in [6, 6.07) is 8.30. The lowest BCUT2D eigenvalue weighted by Crippen LogP contribution is -2.41. The lowest BCUT2D eigenvalue weighted by Gasteiger charge is -2.16. The number of carboxylic acids is 1. The van der Waals surface area contributed by atoms with Crippen molar-refractivity contribution < 1.29 is 24.2 Å². The van der Waals surface area contributed by atoms with Crippen LogP contribution in [0.25, 0.3) is 0 Å². The molecule has 0 aliphatic heterocycles. The van der Waals surface area contributed by atoms with Crippen LogP contribution in [0.1, 0.15) is 25.8 Å². The van der Waals surface area contributed by atoms with Crippen molar-refractivity contribution in [3.05, 3.63) is 35.9 Å². The van der Waals surface area contributed by atoms with E-state index in [-0.39, 0.29) is 30.1 Å². The van der Waals surface area contributed by atoms with Gasteiger partial charge in [-0.3, -0.25) is 4.79 Å². The number of alkyl carbamates (subject to hydrolysis) is 1.